The molecule has 0 rings (SSSR count). The average molecular weight is 581 g/mol. The van der Waals surface area contributed by atoms with Gasteiger partial charge in [-0.15, -0.1) is 5.73 Å². The lowest BCUT2D eigenvalue weighted by molar-refractivity contribution is -0.120. The third-order valence-electron chi connectivity index (χ3n) is 7.61. The highest BCUT2D eigenvalue weighted by atomic mass is 16.5. The molecule has 4 heteroatoms. The smallest absolute Gasteiger partial charge is 0.132 e. The predicted octanol–water partition coefficient (Wildman–Crippen LogP) is 11.2. The van der Waals surface area contributed by atoms with Gasteiger partial charge in [0.05, 0.1) is 0 Å². The van der Waals surface area contributed by atoms with E-state index >= 15 is 0 Å². The molecule has 0 aromatic carbocycles. The molecule has 0 aliphatic rings. The van der Waals surface area contributed by atoms with Crippen LogP contribution in [0.3, 0.4) is 0 Å². The normalized spacial score (nSPS) is 10.4. The van der Waals surface area contributed by atoms with Crippen molar-refractivity contribution >= 4 is 11.6 Å². The lowest BCUT2D eigenvalue weighted by Crippen LogP contribution is -2.03. The van der Waals surface area contributed by atoms with E-state index in [1.165, 1.54) is 128 Å². The molecule has 0 amide bonds. The van der Waals surface area contributed by atoms with Gasteiger partial charge in [0.1, 0.15) is 11.6 Å². The molecule has 0 aliphatic heterocycles. The van der Waals surface area contributed by atoms with E-state index < -0.39 is 0 Å². The van der Waals surface area contributed by atoms with Crippen molar-refractivity contribution < 1.29 is 19.8 Å². The van der Waals surface area contributed by atoms with Gasteiger partial charge in [0.25, 0.3) is 0 Å². The first-order chi connectivity index (χ1) is 19.6. The number of carbonyl (C=O) groups excluding carboxylic acids is 2. The topological polar surface area (TPSA) is 74.9 Å². The van der Waals surface area contributed by atoms with Gasteiger partial charge in [0.2, 0.25) is 0 Å². The van der Waals surface area contributed by atoms with Crippen LogP contribution in [0.2, 0.25) is 0 Å². The maximum atomic E-state index is 12.1. The first kappa shape index (κ1) is 44.2. The molecule has 0 spiro atoms. The molecule has 0 fully saturated rings. The first-order valence-corrected chi connectivity index (χ1v) is 17.5. The number of ketones is 2. The van der Waals surface area contributed by atoms with Crippen LogP contribution < -0.4 is 0 Å². The van der Waals surface area contributed by atoms with Crippen LogP contribution in [0.25, 0.3) is 0 Å². The van der Waals surface area contributed by atoms with Crippen LogP contribution in [0.5, 0.6) is 0 Å². The van der Waals surface area contributed by atoms with Crippen molar-refractivity contribution in [3.8, 4) is 0 Å². The summed E-state index contributed by atoms with van der Waals surface area (Å²) in [4.78, 5) is 24.1. The maximum Gasteiger partial charge on any atom is 0.132 e. The Hall–Kier alpha value is -1.22. The lowest BCUT2D eigenvalue weighted by Gasteiger charge is -2.05. The Bertz CT molecular complexity index is 551. The van der Waals surface area contributed by atoms with Gasteiger partial charge in [-0.3, -0.25) is 9.59 Å². The second-order valence-corrected chi connectivity index (χ2v) is 11.7. The van der Waals surface area contributed by atoms with Crippen LogP contribution in [0, 0.1) is 0 Å². The first-order valence-electron chi connectivity index (χ1n) is 17.5. The van der Waals surface area contributed by atoms with Crippen molar-refractivity contribution in [3.05, 3.63) is 18.9 Å². The number of hydrogen-bond donors (Lipinski definition) is 0. The van der Waals surface area contributed by atoms with Crippen LogP contribution in [0.1, 0.15) is 194 Å². The quantitative estimate of drug-likeness (QED) is 0.0586. The Labute approximate surface area is 256 Å². The van der Waals surface area contributed by atoms with Crippen LogP contribution in [-0.2, 0) is 14.3 Å². The molecule has 0 aliphatic carbocycles. The number of ether oxygens (including phenoxy) is 1. The van der Waals surface area contributed by atoms with Crippen LogP contribution in [0.15, 0.2) is 18.9 Å². The molecule has 0 heterocycles. The highest BCUT2D eigenvalue weighted by Gasteiger charge is 2.06. The van der Waals surface area contributed by atoms with Gasteiger partial charge in [0, 0.05) is 38.9 Å². The standard InChI is InChI=1S/C34H66O3.C3H4.H2O/c1-3-5-7-9-11-13-15-16-18-20-22-27-33(35)29-26-30-34(36)28-23-25-32-37-31-24-21-19-17-14-12-10-8-6-4-2;1-3-2;/h3-32H2,1-2H3;1-2H2;1H2. The molecule has 0 unspecified atom stereocenters. The largest absolute Gasteiger partial charge is 0.412 e. The number of unbranched alkanes of at least 4 members (excludes halogenated alkanes) is 20. The van der Waals surface area contributed by atoms with Crippen molar-refractivity contribution in [2.24, 2.45) is 0 Å². The molecule has 0 aromatic heterocycles. The lowest BCUT2D eigenvalue weighted by atomic mass is 10.0. The molecule has 0 radical (unpaired) electrons. The van der Waals surface area contributed by atoms with Crippen molar-refractivity contribution in [3.63, 3.8) is 0 Å². The zero-order chi connectivity index (χ0) is 29.8. The second kappa shape index (κ2) is 40.9. The SMILES string of the molecule is C=C=C.CCCCCCCCCCCCCC(=O)CCCC(=O)CCCCOCCCCCCCCCCCC.O. The summed E-state index contributed by atoms with van der Waals surface area (Å²) in [5, 5.41) is 0. The Morgan fingerprint density at radius 2 is 0.683 bits per heavy atom. The van der Waals surface area contributed by atoms with E-state index in [-0.39, 0.29) is 5.48 Å². The summed E-state index contributed by atoms with van der Waals surface area (Å²) in [5.74, 6) is 0.668. The van der Waals surface area contributed by atoms with E-state index in [4.69, 9.17) is 4.74 Å². The van der Waals surface area contributed by atoms with Crippen LogP contribution in [0.4, 0.5) is 0 Å². The summed E-state index contributed by atoms with van der Waals surface area (Å²) in [6.07, 6.45) is 33.1. The highest BCUT2D eigenvalue weighted by molar-refractivity contribution is 5.81. The minimum Gasteiger partial charge on any atom is -0.412 e. The predicted molar refractivity (Wildman–Crippen MR) is 180 cm³/mol. The molecular formula is C37H72O4. The van der Waals surface area contributed by atoms with Gasteiger partial charge in [-0.2, -0.15) is 0 Å². The minimum atomic E-state index is 0. The van der Waals surface area contributed by atoms with Gasteiger partial charge in [0.15, 0.2) is 0 Å². The zero-order valence-electron chi connectivity index (χ0n) is 27.9. The van der Waals surface area contributed by atoms with Gasteiger partial charge >= 0.3 is 0 Å². The van der Waals surface area contributed by atoms with Gasteiger partial charge < -0.3 is 10.2 Å². The van der Waals surface area contributed by atoms with Gasteiger partial charge in [-0.1, -0.05) is 149 Å². The number of Topliss-reactive ketones (excluding diaryl/α,β-unsaturated/α-hetero) is 2. The van der Waals surface area contributed by atoms with Gasteiger partial charge in [-0.05, 0) is 32.1 Å². The Balaban J connectivity index is -0.00000344. The second-order valence-electron chi connectivity index (χ2n) is 11.7. The van der Waals surface area contributed by atoms with E-state index in [1.807, 2.05) is 0 Å². The number of carbonyl (C=O) groups is 2. The maximum absolute atomic E-state index is 12.1. The van der Waals surface area contributed by atoms with Crippen LogP contribution in [-0.4, -0.2) is 30.3 Å². The summed E-state index contributed by atoms with van der Waals surface area (Å²) in [6.45, 7) is 12.4. The third-order valence-corrected chi connectivity index (χ3v) is 7.61. The minimum absolute atomic E-state index is 0. The van der Waals surface area contributed by atoms with E-state index in [1.54, 1.807) is 0 Å². The number of hydrogen-bond acceptors (Lipinski definition) is 3. The molecular weight excluding hydrogens is 508 g/mol. The van der Waals surface area contributed by atoms with Crippen molar-refractivity contribution in [1.82, 2.24) is 0 Å². The van der Waals surface area contributed by atoms with Crippen molar-refractivity contribution in [1.29, 1.82) is 0 Å². The van der Waals surface area contributed by atoms with Crippen LogP contribution >= 0.6 is 0 Å². The number of rotatable bonds is 32. The fourth-order valence-electron chi connectivity index (χ4n) is 5.04. The summed E-state index contributed by atoms with van der Waals surface area (Å²) < 4.78 is 5.74. The molecule has 41 heavy (non-hydrogen) atoms. The van der Waals surface area contributed by atoms with Crippen molar-refractivity contribution in [2.75, 3.05) is 13.2 Å². The highest BCUT2D eigenvalue weighted by Crippen LogP contribution is 2.14. The fraction of sp³-hybridized carbons (Fsp3) is 0.865. The fourth-order valence-corrected chi connectivity index (χ4v) is 5.04. The molecule has 4 nitrogen and oxygen atoms in total. The Morgan fingerprint density at radius 3 is 1.05 bits per heavy atom. The summed E-state index contributed by atoms with van der Waals surface area (Å²) in [6, 6.07) is 0. The molecule has 244 valence electrons. The van der Waals surface area contributed by atoms with E-state index in [9.17, 15) is 9.59 Å². The summed E-state index contributed by atoms with van der Waals surface area (Å²) in [5.41, 5.74) is 2.25. The third kappa shape index (κ3) is 43.4. The van der Waals surface area contributed by atoms with E-state index in [2.05, 4.69) is 32.7 Å². The zero-order valence-corrected chi connectivity index (χ0v) is 27.9. The molecule has 0 saturated carbocycles. The molecule has 0 bridgehead atoms. The van der Waals surface area contributed by atoms with Gasteiger partial charge in [-0.25, -0.2) is 0 Å². The molecule has 0 saturated heterocycles. The van der Waals surface area contributed by atoms with E-state index in [0.717, 1.165) is 38.9 Å². The van der Waals surface area contributed by atoms with E-state index in [0.29, 0.717) is 37.2 Å². The Kier molecular flexibility index (Phi) is 44.1. The summed E-state index contributed by atoms with van der Waals surface area (Å²) >= 11 is 0. The summed E-state index contributed by atoms with van der Waals surface area (Å²) in [7, 11) is 0. The molecule has 2 N–H and O–H groups in total. The molecule has 0 aromatic rings. The molecule has 0 atom stereocenters. The monoisotopic (exact) mass is 581 g/mol. The average Bonchev–Trinajstić information content (AvgIpc) is 2.94. The Morgan fingerprint density at radius 1 is 0.439 bits per heavy atom. The van der Waals surface area contributed by atoms with Crippen molar-refractivity contribution in [2.45, 2.75) is 194 Å².